The highest BCUT2D eigenvalue weighted by atomic mass is 16.5. The molecule has 0 aliphatic carbocycles. The van der Waals surface area contributed by atoms with E-state index in [2.05, 4.69) is 6.07 Å². The zero-order valence-corrected chi connectivity index (χ0v) is 10.2. The fourth-order valence-corrected chi connectivity index (χ4v) is 2.09. The molecule has 0 saturated heterocycles. The summed E-state index contributed by atoms with van der Waals surface area (Å²) in [5.74, 6) is 0.947. The summed E-state index contributed by atoms with van der Waals surface area (Å²) in [5.41, 5.74) is 3.12. The van der Waals surface area contributed by atoms with E-state index < -0.39 is 0 Å². The molecule has 1 amide bonds. The molecule has 1 aliphatic heterocycles. The van der Waals surface area contributed by atoms with Crippen LogP contribution in [0, 0.1) is 13.8 Å². The number of aryl methyl sites for hydroxylation is 2. The molecule has 0 saturated carbocycles. The summed E-state index contributed by atoms with van der Waals surface area (Å²) in [5, 5.41) is 0. The van der Waals surface area contributed by atoms with Crippen molar-refractivity contribution in [1.29, 1.82) is 0 Å². The Balaban J connectivity index is 2.59. The molecule has 16 heavy (non-hydrogen) atoms. The van der Waals surface area contributed by atoms with Gasteiger partial charge in [-0.05, 0) is 38.0 Å². The summed E-state index contributed by atoms with van der Waals surface area (Å²) < 4.78 is 5.82. The average molecular weight is 219 g/mol. The molecule has 1 aliphatic rings. The number of carbonyl (C=O) groups is 1. The largest absolute Gasteiger partial charge is 0.488 e. The minimum absolute atomic E-state index is 0.0578. The monoisotopic (exact) mass is 219 g/mol. The minimum Gasteiger partial charge on any atom is -0.488 e. The molecule has 0 spiro atoms. The molecule has 1 heterocycles. The Labute approximate surface area is 96.0 Å². The van der Waals surface area contributed by atoms with Crippen LogP contribution in [0.1, 0.15) is 24.5 Å². The molecular weight excluding hydrogens is 202 g/mol. The first-order chi connectivity index (χ1) is 7.49. The molecule has 0 aromatic heterocycles. The SMILES string of the molecule is Cc1cc(C)c2c(c1)N(C)C(=O)CC(C)O2. The lowest BCUT2D eigenvalue weighted by molar-refractivity contribution is -0.119. The van der Waals surface area contributed by atoms with Crippen LogP contribution in [-0.4, -0.2) is 19.1 Å². The van der Waals surface area contributed by atoms with E-state index in [1.807, 2.05) is 26.8 Å². The third kappa shape index (κ3) is 1.77. The number of benzene rings is 1. The smallest absolute Gasteiger partial charge is 0.230 e. The molecule has 1 unspecified atom stereocenters. The van der Waals surface area contributed by atoms with Crippen molar-refractivity contribution in [3.05, 3.63) is 23.3 Å². The normalized spacial score (nSPS) is 20.1. The van der Waals surface area contributed by atoms with E-state index in [0.717, 1.165) is 22.6 Å². The summed E-state index contributed by atoms with van der Waals surface area (Å²) >= 11 is 0. The number of hydrogen-bond acceptors (Lipinski definition) is 2. The van der Waals surface area contributed by atoms with Gasteiger partial charge in [-0.1, -0.05) is 6.07 Å². The lowest BCUT2D eigenvalue weighted by atomic mass is 10.1. The van der Waals surface area contributed by atoms with Crippen molar-refractivity contribution in [2.45, 2.75) is 33.3 Å². The topological polar surface area (TPSA) is 29.5 Å². The number of fused-ring (bicyclic) bond motifs is 1. The van der Waals surface area contributed by atoms with Gasteiger partial charge >= 0.3 is 0 Å². The first-order valence-electron chi connectivity index (χ1n) is 5.53. The average Bonchev–Trinajstić information content (AvgIpc) is 2.29. The van der Waals surface area contributed by atoms with Gasteiger partial charge in [0.15, 0.2) is 0 Å². The van der Waals surface area contributed by atoms with Gasteiger partial charge in [0.25, 0.3) is 0 Å². The molecule has 1 aromatic carbocycles. The number of nitrogens with zero attached hydrogens (tertiary/aromatic N) is 1. The first kappa shape index (κ1) is 11.0. The van der Waals surface area contributed by atoms with E-state index in [1.165, 1.54) is 0 Å². The Hall–Kier alpha value is -1.51. The quantitative estimate of drug-likeness (QED) is 0.670. The Kier molecular flexibility index (Phi) is 2.62. The van der Waals surface area contributed by atoms with Crippen LogP contribution < -0.4 is 9.64 Å². The van der Waals surface area contributed by atoms with Gasteiger partial charge in [-0.25, -0.2) is 0 Å². The van der Waals surface area contributed by atoms with Crippen molar-refractivity contribution >= 4 is 11.6 Å². The lowest BCUT2D eigenvalue weighted by Gasteiger charge is -2.18. The number of carbonyl (C=O) groups excluding carboxylic acids is 1. The second-order valence-corrected chi connectivity index (χ2v) is 4.52. The third-order valence-electron chi connectivity index (χ3n) is 2.92. The fourth-order valence-electron chi connectivity index (χ4n) is 2.09. The zero-order chi connectivity index (χ0) is 11.9. The van der Waals surface area contributed by atoms with Crippen LogP contribution in [0.15, 0.2) is 12.1 Å². The van der Waals surface area contributed by atoms with Crippen molar-refractivity contribution in [3.63, 3.8) is 0 Å². The zero-order valence-electron chi connectivity index (χ0n) is 10.2. The maximum Gasteiger partial charge on any atom is 0.230 e. The van der Waals surface area contributed by atoms with Gasteiger partial charge in [-0.2, -0.15) is 0 Å². The Bertz CT molecular complexity index is 440. The van der Waals surface area contributed by atoms with Gasteiger partial charge < -0.3 is 9.64 Å². The van der Waals surface area contributed by atoms with E-state index in [-0.39, 0.29) is 12.0 Å². The molecular formula is C13H17NO2. The van der Waals surface area contributed by atoms with Crippen molar-refractivity contribution in [3.8, 4) is 5.75 Å². The molecule has 86 valence electrons. The van der Waals surface area contributed by atoms with Gasteiger partial charge in [0.2, 0.25) is 5.91 Å². The molecule has 0 radical (unpaired) electrons. The third-order valence-corrected chi connectivity index (χ3v) is 2.92. The summed E-state index contributed by atoms with van der Waals surface area (Å²) in [7, 11) is 1.81. The maximum atomic E-state index is 11.9. The highest BCUT2D eigenvalue weighted by Crippen LogP contribution is 2.36. The van der Waals surface area contributed by atoms with E-state index >= 15 is 0 Å². The van der Waals surface area contributed by atoms with Crippen molar-refractivity contribution in [2.24, 2.45) is 0 Å². The van der Waals surface area contributed by atoms with Crippen molar-refractivity contribution < 1.29 is 9.53 Å². The Morgan fingerprint density at radius 3 is 2.75 bits per heavy atom. The molecule has 3 nitrogen and oxygen atoms in total. The molecule has 2 rings (SSSR count). The van der Waals surface area contributed by atoms with Gasteiger partial charge in [0.05, 0.1) is 12.1 Å². The molecule has 0 bridgehead atoms. The highest BCUT2D eigenvalue weighted by molar-refractivity contribution is 5.95. The Morgan fingerprint density at radius 2 is 2.06 bits per heavy atom. The van der Waals surface area contributed by atoms with Crippen LogP contribution in [-0.2, 0) is 4.79 Å². The molecule has 0 N–H and O–H groups in total. The standard InChI is InChI=1S/C13H17NO2/c1-8-5-9(2)13-11(6-8)14(4)12(15)7-10(3)16-13/h5-6,10H,7H2,1-4H3. The van der Waals surface area contributed by atoms with Crippen molar-refractivity contribution in [1.82, 2.24) is 0 Å². The van der Waals surface area contributed by atoms with Crippen LogP contribution in [0.25, 0.3) is 0 Å². The number of rotatable bonds is 0. The Morgan fingerprint density at radius 1 is 1.38 bits per heavy atom. The van der Waals surface area contributed by atoms with E-state index in [0.29, 0.717) is 6.42 Å². The molecule has 1 atom stereocenters. The number of anilines is 1. The second-order valence-electron chi connectivity index (χ2n) is 4.52. The van der Waals surface area contributed by atoms with Crippen LogP contribution >= 0.6 is 0 Å². The fraction of sp³-hybridized carbons (Fsp3) is 0.462. The predicted octanol–water partition coefficient (Wildman–Crippen LogP) is 2.44. The molecule has 3 heteroatoms. The number of hydrogen-bond donors (Lipinski definition) is 0. The molecule has 1 aromatic rings. The van der Waals surface area contributed by atoms with Crippen LogP contribution in [0.4, 0.5) is 5.69 Å². The van der Waals surface area contributed by atoms with E-state index in [1.54, 1.807) is 11.9 Å². The first-order valence-corrected chi connectivity index (χ1v) is 5.53. The van der Waals surface area contributed by atoms with Gasteiger partial charge in [-0.15, -0.1) is 0 Å². The summed E-state index contributed by atoms with van der Waals surface area (Å²) in [6, 6.07) is 4.08. The lowest BCUT2D eigenvalue weighted by Crippen LogP contribution is -2.27. The van der Waals surface area contributed by atoms with E-state index in [4.69, 9.17) is 4.74 Å². The number of ether oxygens (including phenoxy) is 1. The second kappa shape index (κ2) is 3.81. The van der Waals surface area contributed by atoms with Crippen molar-refractivity contribution in [2.75, 3.05) is 11.9 Å². The number of amides is 1. The van der Waals surface area contributed by atoms with Gasteiger partial charge in [0, 0.05) is 7.05 Å². The van der Waals surface area contributed by atoms with Crippen LogP contribution in [0.2, 0.25) is 0 Å². The summed E-state index contributed by atoms with van der Waals surface area (Å²) in [4.78, 5) is 13.5. The van der Waals surface area contributed by atoms with Crippen LogP contribution in [0.3, 0.4) is 0 Å². The minimum atomic E-state index is -0.0578. The van der Waals surface area contributed by atoms with Gasteiger partial charge in [0.1, 0.15) is 11.9 Å². The summed E-state index contributed by atoms with van der Waals surface area (Å²) in [6.07, 6.45) is 0.376. The van der Waals surface area contributed by atoms with Crippen LogP contribution in [0.5, 0.6) is 5.75 Å². The van der Waals surface area contributed by atoms with Gasteiger partial charge in [-0.3, -0.25) is 4.79 Å². The highest BCUT2D eigenvalue weighted by Gasteiger charge is 2.25. The predicted molar refractivity (Wildman–Crippen MR) is 64.0 cm³/mol. The maximum absolute atomic E-state index is 11.9. The molecule has 0 fully saturated rings. The summed E-state index contributed by atoms with van der Waals surface area (Å²) in [6.45, 7) is 5.97. The van der Waals surface area contributed by atoms with E-state index in [9.17, 15) is 4.79 Å².